The summed E-state index contributed by atoms with van der Waals surface area (Å²) in [5.41, 5.74) is 1.04. The molecule has 1 heterocycles. The first-order valence-electron chi connectivity index (χ1n) is 6.92. The lowest BCUT2D eigenvalue weighted by Gasteiger charge is -2.18. The predicted molar refractivity (Wildman–Crippen MR) is 78.6 cm³/mol. The van der Waals surface area contributed by atoms with Crippen molar-refractivity contribution in [3.8, 4) is 0 Å². The van der Waals surface area contributed by atoms with Crippen molar-refractivity contribution in [2.45, 2.75) is 32.4 Å². The molecule has 1 aromatic heterocycles. The molecule has 0 radical (unpaired) electrons. The van der Waals surface area contributed by atoms with Crippen molar-refractivity contribution in [1.82, 2.24) is 20.1 Å². The van der Waals surface area contributed by atoms with E-state index in [0.29, 0.717) is 6.54 Å². The molecule has 1 unspecified atom stereocenters. The lowest BCUT2D eigenvalue weighted by molar-refractivity contribution is -0.384. The van der Waals surface area contributed by atoms with Gasteiger partial charge < -0.3 is 9.88 Å². The van der Waals surface area contributed by atoms with Crippen LogP contribution in [0.25, 0.3) is 0 Å². The van der Waals surface area contributed by atoms with E-state index in [-0.39, 0.29) is 16.7 Å². The number of aromatic nitrogens is 3. The van der Waals surface area contributed by atoms with Crippen molar-refractivity contribution in [1.29, 1.82) is 0 Å². The first-order valence-corrected chi connectivity index (χ1v) is 6.92. The standard InChI is InChI=1S/C14H19N5O2/c1-3-5-13(15-9-14-17-16-10-18(14)2)11-6-4-7-12(8-11)19(20)21/h4,6-8,10,13,15H,3,5,9H2,1-2H3. The SMILES string of the molecule is CCCC(NCc1nncn1C)c1cccc([N+](=O)[O-])c1. The molecular weight excluding hydrogens is 270 g/mol. The van der Waals surface area contributed by atoms with Gasteiger partial charge >= 0.3 is 0 Å². The summed E-state index contributed by atoms with van der Waals surface area (Å²) in [6, 6.07) is 6.84. The van der Waals surface area contributed by atoms with Gasteiger partial charge in [-0.3, -0.25) is 10.1 Å². The third kappa shape index (κ3) is 3.85. The maximum absolute atomic E-state index is 10.9. The number of benzene rings is 1. The number of nitro benzene ring substituents is 1. The van der Waals surface area contributed by atoms with Crippen molar-refractivity contribution < 1.29 is 4.92 Å². The third-order valence-electron chi connectivity index (χ3n) is 3.37. The number of rotatable bonds is 7. The summed E-state index contributed by atoms with van der Waals surface area (Å²) in [5, 5.41) is 22.2. The molecule has 1 N–H and O–H groups in total. The molecule has 0 aliphatic carbocycles. The molecular formula is C14H19N5O2. The van der Waals surface area contributed by atoms with E-state index in [0.717, 1.165) is 24.2 Å². The van der Waals surface area contributed by atoms with Crippen LogP contribution in [0.3, 0.4) is 0 Å². The molecule has 7 nitrogen and oxygen atoms in total. The Morgan fingerprint density at radius 3 is 2.90 bits per heavy atom. The molecule has 1 atom stereocenters. The zero-order chi connectivity index (χ0) is 15.2. The molecule has 0 amide bonds. The molecule has 2 aromatic rings. The Kier molecular flexibility index (Phi) is 4.99. The first kappa shape index (κ1) is 15.1. The van der Waals surface area contributed by atoms with Crippen molar-refractivity contribution in [3.05, 3.63) is 52.1 Å². The van der Waals surface area contributed by atoms with E-state index in [4.69, 9.17) is 0 Å². The van der Waals surface area contributed by atoms with Gasteiger partial charge in [0.1, 0.15) is 12.2 Å². The highest BCUT2D eigenvalue weighted by atomic mass is 16.6. The first-order chi connectivity index (χ1) is 10.1. The van der Waals surface area contributed by atoms with Gasteiger partial charge in [0.15, 0.2) is 0 Å². The van der Waals surface area contributed by atoms with Gasteiger partial charge in [-0.05, 0) is 12.0 Å². The van der Waals surface area contributed by atoms with Gasteiger partial charge in [0.05, 0.1) is 11.5 Å². The Bertz CT molecular complexity index is 611. The van der Waals surface area contributed by atoms with Crippen LogP contribution in [0.1, 0.15) is 37.2 Å². The quantitative estimate of drug-likeness (QED) is 0.624. The second-order valence-corrected chi connectivity index (χ2v) is 4.93. The molecule has 112 valence electrons. The Morgan fingerprint density at radius 2 is 2.29 bits per heavy atom. The summed E-state index contributed by atoms with van der Waals surface area (Å²) < 4.78 is 1.85. The van der Waals surface area contributed by atoms with E-state index in [1.165, 1.54) is 6.07 Å². The van der Waals surface area contributed by atoms with Crippen LogP contribution in [-0.2, 0) is 13.6 Å². The van der Waals surface area contributed by atoms with Gasteiger partial charge in [0, 0.05) is 25.2 Å². The molecule has 7 heteroatoms. The number of nitrogens with one attached hydrogen (secondary N) is 1. The van der Waals surface area contributed by atoms with E-state index in [1.54, 1.807) is 18.5 Å². The van der Waals surface area contributed by atoms with Crippen LogP contribution in [-0.4, -0.2) is 19.7 Å². The highest BCUT2D eigenvalue weighted by molar-refractivity contribution is 5.35. The zero-order valence-corrected chi connectivity index (χ0v) is 12.2. The fraction of sp³-hybridized carbons (Fsp3) is 0.429. The molecule has 0 spiro atoms. The molecule has 2 rings (SSSR count). The van der Waals surface area contributed by atoms with E-state index in [2.05, 4.69) is 22.4 Å². The molecule has 1 aromatic carbocycles. The summed E-state index contributed by atoms with van der Waals surface area (Å²) in [6.45, 7) is 2.66. The highest BCUT2D eigenvalue weighted by Crippen LogP contribution is 2.23. The van der Waals surface area contributed by atoms with Crippen molar-refractivity contribution in [2.24, 2.45) is 7.05 Å². The van der Waals surface area contributed by atoms with Gasteiger partial charge in [-0.15, -0.1) is 10.2 Å². The number of non-ortho nitro benzene ring substituents is 1. The summed E-state index contributed by atoms with van der Waals surface area (Å²) in [5.74, 6) is 0.835. The van der Waals surface area contributed by atoms with Gasteiger partial charge in [-0.2, -0.15) is 0 Å². The van der Waals surface area contributed by atoms with Crippen LogP contribution in [0.4, 0.5) is 5.69 Å². The topological polar surface area (TPSA) is 85.9 Å². The van der Waals surface area contributed by atoms with Gasteiger partial charge in [-0.25, -0.2) is 0 Å². The Morgan fingerprint density at radius 1 is 1.48 bits per heavy atom. The van der Waals surface area contributed by atoms with Crippen LogP contribution >= 0.6 is 0 Å². The smallest absolute Gasteiger partial charge is 0.269 e. The predicted octanol–water partition coefficient (Wildman–Crippen LogP) is 2.35. The van der Waals surface area contributed by atoms with E-state index in [9.17, 15) is 10.1 Å². The van der Waals surface area contributed by atoms with E-state index < -0.39 is 0 Å². The monoisotopic (exact) mass is 289 g/mol. The van der Waals surface area contributed by atoms with Crippen molar-refractivity contribution in [2.75, 3.05) is 0 Å². The van der Waals surface area contributed by atoms with E-state index >= 15 is 0 Å². The number of hydrogen-bond acceptors (Lipinski definition) is 5. The van der Waals surface area contributed by atoms with Gasteiger partial charge in [0.2, 0.25) is 0 Å². The van der Waals surface area contributed by atoms with Crippen LogP contribution < -0.4 is 5.32 Å². The zero-order valence-electron chi connectivity index (χ0n) is 12.2. The average molecular weight is 289 g/mol. The van der Waals surface area contributed by atoms with Crippen molar-refractivity contribution in [3.63, 3.8) is 0 Å². The molecule has 0 fully saturated rings. The summed E-state index contributed by atoms with van der Waals surface area (Å²) in [7, 11) is 1.89. The lowest BCUT2D eigenvalue weighted by Crippen LogP contribution is -2.22. The Labute approximate surface area is 123 Å². The molecule has 0 bridgehead atoms. The second kappa shape index (κ2) is 6.94. The summed E-state index contributed by atoms with van der Waals surface area (Å²) >= 11 is 0. The third-order valence-corrected chi connectivity index (χ3v) is 3.37. The summed E-state index contributed by atoms with van der Waals surface area (Å²) in [4.78, 5) is 10.5. The van der Waals surface area contributed by atoms with Gasteiger partial charge in [0.25, 0.3) is 5.69 Å². The number of nitrogens with zero attached hydrogens (tertiary/aromatic N) is 4. The molecule has 0 aliphatic heterocycles. The maximum Gasteiger partial charge on any atom is 0.269 e. The maximum atomic E-state index is 10.9. The molecule has 0 aliphatic rings. The fourth-order valence-corrected chi connectivity index (χ4v) is 2.21. The second-order valence-electron chi connectivity index (χ2n) is 4.93. The lowest BCUT2D eigenvalue weighted by atomic mass is 10.0. The van der Waals surface area contributed by atoms with E-state index in [1.807, 2.05) is 17.7 Å². The number of hydrogen-bond donors (Lipinski definition) is 1. The minimum absolute atomic E-state index is 0.0617. The normalized spacial score (nSPS) is 12.3. The van der Waals surface area contributed by atoms with Crippen LogP contribution in [0.5, 0.6) is 0 Å². The van der Waals surface area contributed by atoms with Crippen molar-refractivity contribution >= 4 is 5.69 Å². The largest absolute Gasteiger partial charge is 0.320 e. The fourth-order valence-electron chi connectivity index (χ4n) is 2.21. The molecule has 0 saturated carbocycles. The number of aryl methyl sites for hydroxylation is 1. The Hall–Kier alpha value is -2.28. The average Bonchev–Trinajstić information content (AvgIpc) is 2.89. The molecule has 21 heavy (non-hydrogen) atoms. The van der Waals surface area contributed by atoms with Crippen LogP contribution in [0.15, 0.2) is 30.6 Å². The minimum atomic E-state index is -0.366. The Balaban J connectivity index is 2.12. The van der Waals surface area contributed by atoms with Crippen LogP contribution in [0.2, 0.25) is 0 Å². The van der Waals surface area contributed by atoms with Gasteiger partial charge in [-0.1, -0.05) is 25.5 Å². The molecule has 0 saturated heterocycles. The number of nitro groups is 1. The highest BCUT2D eigenvalue weighted by Gasteiger charge is 2.14. The summed E-state index contributed by atoms with van der Waals surface area (Å²) in [6.07, 6.45) is 3.54. The minimum Gasteiger partial charge on any atom is -0.320 e. The van der Waals surface area contributed by atoms with Crippen LogP contribution in [0, 0.1) is 10.1 Å².